The molecule has 1 heterocycles. The summed E-state index contributed by atoms with van der Waals surface area (Å²) in [4.78, 5) is 5.07. The van der Waals surface area contributed by atoms with E-state index in [1.807, 2.05) is 0 Å². The van der Waals surface area contributed by atoms with E-state index in [1.165, 1.54) is 0 Å². The van der Waals surface area contributed by atoms with E-state index in [-0.39, 0.29) is 6.10 Å². The molecule has 0 amide bonds. The monoisotopic (exact) mass is 207 g/mol. The third-order valence-corrected chi connectivity index (χ3v) is 1.46. The largest absolute Gasteiger partial charge is 0.389 e. The molecule has 3 nitrogen and oxygen atoms in total. The molecule has 1 unspecified atom stereocenters. The Morgan fingerprint density at radius 1 is 1.90 bits per heavy atom. The molecule has 1 rings (SSSR count). The maximum absolute atomic E-state index is 9.00. The van der Waals surface area contributed by atoms with E-state index in [4.69, 9.17) is 9.94 Å². The first-order chi connectivity index (χ1) is 4.68. The van der Waals surface area contributed by atoms with Crippen molar-refractivity contribution in [1.82, 2.24) is 5.06 Å². The van der Waals surface area contributed by atoms with E-state index in [0.29, 0.717) is 19.7 Å². The third kappa shape index (κ3) is 2.38. The minimum Gasteiger partial charge on any atom is -0.389 e. The average Bonchev–Trinajstić information content (AvgIpc) is 2.13. The Morgan fingerprint density at radius 3 is 3.00 bits per heavy atom. The molecular weight excluding hydrogens is 198 g/mol. The van der Waals surface area contributed by atoms with Crippen LogP contribution in [0.4, 0.5) is 0 Å². The predicted octanol–water partition coefficient (Wildman–Crippen LogP) is 0.503. The van der Waals surface area contributed by atoms with Crippen LogP contribution in [-0.2, 0) is 4.84 Å². The highest BCUT2D eigenvalue weighted by molar-refractivity contribution is 9.11. The summed E-state index contributed by atoms with van der Waals surface area (Å²) >= 11 is 3.21. The first-order valence-electron chi connectivity index (χ1n) is 3.07. The SMILES string of the molecule is C=C(Br)CN1CC(O)CO1. The molecule has 1 aliphatic heterocycles. The van der Waals surface area contributed by atoms with Crippen LogP contribution in [0.2, 0.25) is 0 Å². The van der Waals surface area contributed by atoms with Crippen LogP contribution in [0.25, 0.3) is 0 Å². The van der Waals surface area contributed by atoms with E-state index < -0.39 is 0 Å². The van der Waals surface area contributed by atoms with Crippen molar-refractivity contribution < 1.29 is 9.94 Å². The minimum atomic E-state index is -0.341. The Morgan fingerprint density at radius 2 is 2.60 bits per heavy atom. The molecule has 0 spiro atoms. The van der Waals surface area contributed by atoms with Crippen molar-refractivity contribution in [3.05, 3.63) is 11.1 Å². The molecule has 1 atom stereocenters. The number of rotatable bonds is 2. The molecule has 1 N–H and O–H groups in total. The maximum Gasteiger partial charge on any atom is 0.0958 e. The van der Waals surface area contributed by atoms with Crippen LogP contribution < -0.4 is 0 Å². The van der Waals surface area contributed by atoms with Gasteiger partial charge in [0.1, 0.15) is 0 Å². The van der Waals surface area contributed by atoms with Crippen molar-refractivity contribution in [2.24, 2.45) is 0 Å². The molecule has 0 aliphatic carbocycles. The highest BCUT2D eigenvalue weighted by atomic mass is 79.9. The average molecular weight is 208 g/mol. The van der Waals surface area contributed by atoms with E-state index in [9.17, 15) is 0 Å². The van der Waals surface area contributed by atoms with Crippen LogP contribution in [0.15, 0.2) is 11.1 Å². The van der Waals surface area contributed by atoms with Crippen molar-refractivity contribution in [2.45, 2.75) is 6.10 Å². The van der Waals surface area contributed by atoms with Crippen molar-refractivity contribution in [1.29, 1.82) is 0 Å². The summed E-state index contributed by atoms with van der Waals surface area (Å²) in [7, 11) is 0. The van der Waals surface area contributed by atoms with Crippen molar-refractivity contribution in [2.75, 3.05) is 19.7 Å². The van der Waals surface area contributed by atoms with Gasteiger partial charge in [-0.05, 0) is 0 Å². The van der Waals surface area contributed by atoms with Crippen LogP contribution in [0.5, 0.6) is 0 Å². The van der Waals surface area contributed by atoms with Gasteiger partial charge in [0.2, 0.25) is 0 Å². The van der Waals surface area contributed by atoms with E-state index in [0.717, 1.165) is 4.48 Å². The quantitative estimate of drug-likeness (QED) is 0.717. The van der Waals surface area contributed by atoms with Gasteiger partial charge in [0.05, 0.1) is 25.8 Å². The highest BCUT2D eigenvalue weighted by Gasteiger charge is 2.20. The van der Waals surface area contributed by atoms with Crippen molar-refractivity contribution in [3.63, 3.8) is 0 Å². The first-order valence-corrected chi connectivity index (χ1v) is 3.87. The Labute approximate surface area is 68.4 Å². The lowest BCUT2D eigenvalue weighted by atomic mass is 10.4. The normalized spacial score (nSPS) is 27.2. The number of nitrogens with zero attached hydrogens (tertiary/aromatic N) is 1. The predicted molar refractivity (Wildman–Crippen MR) is 41.6 cm³/mol. The molecule has 0 aromatic carbocycles. The summed E-state index contributed by atoms with van der Waals surface area (Å²) in [6, 6.07) is 0. The van der Waals surface area contributed by atoms with Gasteiger partial charge < -0.3 is 5.11 Å². The topological polar surface area (TPSA) is 32.7 Å². The Hall–Kier alpha value is 0.1000. The van der Waals surface area contributed by atoms with Gasteiger partial charge in [-0.15, -0.1) is 0 Å². The molecule has 1 saturated heterocycles. The Kier molecular flexibility index (Phi) is 2.85. The van der Waals surface area contributed by atoms with Gasteiger partial charge in [0.25, 0.3) is 0 Å². The Balaban J connectivity index is 2.24. The maximum atomic E-state index is 9.00. The lowest BCUT2D eigenvalue weighted by Gasteiger charge is -2.11. The van der Waals surface area contributed by atoms with Gasteiger partial charge >= 0.3 is 0 Å². The lowest BCUT2D eigenvalue weighted by Crippen LogP contribution is -2.21. The summed E-state index contributed by atoms with van der Waals surface area (Å²) in [5.74, 6) is 0. The summed E-state index contributed by atoms with van der Waals surface area (Å²) in [6.07, 6.45) is -0.341. The molecule has 0 aromatic rings. The molecular formula is C6H10BrNO2. The summed E-state index contributed by atoms with van der Waals surface area (Å²) in [5.41, 5.74) is 0. The van der Waals surface area contributed by atoms with Gasteiger partial charge in [-0.2, -0.15) is 5.06 Å². The fourth-order valence-electron chi connectivity index (χ4n) is 0.833. The second kappa shape index (κ2) is 3.48. The standard InChI is InChI=1S/C6H10BrNO2/c1-5(7)2-8-3-6(9)4-10-8/h6,9H,1-4H2. The van der Waals surface area contributed by atoms with Gasteiger partial charge in [0, 0.05) is 4.48 Å². The van der Waals surface area contributed by atoms with E-state index in [1.54, 1.807) is 5.06 Å². The summed E-state index contributed by atoms with van der Waals surface area (Å²) in [6.45, 7) is 5.27. The first kappa shape index (κ1) is 8.20. The van der Waals surface area contributed by atoms with Crippen LogP contribution in [-0.4, -0.2) is 36.0 Å². The molecule has 1 aliphatic rings. The molecule has 0 radical (unpaired) electrons. The number of hydrogen-bond donors (Lipinski definition) is 1. The molecule has 58 valence electrons. The Bertz CT molecular complexity index is 140. The van der Waals surface area contributed by atoms with E-state index in [2.05, 4.69) is 22.5 Å². The van der Waals surface area contributed by atoms with Crippen LogP contribution >= 0.6 is 15.9 Å². The van der Waals surface area contributed by atoms with Crippen molar-refractivity contribution >= 4 is 15.9 Å². The van der Waals surface area contributed by atoms with Gasteiger partial charge in [-0.3, -0.25) is 4.84 Å². The van der Waals surface area contributed by atoms with Crippen molar-refractivity contribution in [3.8, 4) is 0 Å². The molecule has 4 heteroatoms. The molecule has 0 aromatic heterocycles. The fourth-order valence-corrected chi connectivity index (χ4v) is 1.11. The van der Waals surface area contributed by atoms with E-state index >= 15 is 0 Å². The second-order valence-corrected chi connectivity index (χ2v) is 3.41. The molecule has 0 bridgehead atoms. The minimum absolute atomic E-state index is 0.341. The molecule has 10 heavy (non-hydrogen) atoms. The molecule has 0 saturated carbocycles. The zero-order chi connectivity index (χ0) is 7.56. The van der Waals surface area contributed by atoms with Crippen LogP contribution in [0, 0.1) is 0 Å². The number of aliphatic hydroxyl groups excluding tert-OH is 1. The highest BCUT2D eigenvalue weighted by Crippen LogP contribution is 2.10. The van der Waals surface area contributed by atoms with Gasteiger partial charge in [0.15, 0.2) is 0 Å². The summed E-state index contributed by atoms with van der Waals surface area (Å²) in [5, 5.41) is 10.7. The number of hydroxylamine groups is 2. The smallest absolute Gasteiger partial charge is 0.0958 e. The molecule has 1 fully saturated rings. The lowest BCUT2D eigenvalue weighted by molar-refractivity contribution is -0.101. The number of aliphatic hydroxyl groups is 1. The fraction of sp³-hybridized carbons (Fsp3) is 0.667. The zero-order valence-electron chi connectivity index (χ0n) is 5.59. The number of hydrogen-bond acceptors (Lipinski definition) is 3. The number of β-amino-alcohol motifs (C(OH)–C–C–N with tert-alkyl or cyclic N) is 1. The summed E-state index contributed by atoms with van der Waals surface area (Å²) < 4.78 is 0.863. The van der Waals surface area contributed by atoms with Gasteiger partial charge in [-0.25, -0.2) is 0 Å². The second-order valence-electron chi connectivity index (χ2n) is 2.29. The zero-order valence-corrected chi connectivity index (χ0v) is 7.17. The van der Waals surface area contributed by atoms with Crippen LogP contribution in [0.1, 0.15) is 0 Å². The number of halogens is 1. The third-order valence-electron chi connectivity index (χ3n) is 1.21. The van der Waals surface area contributed by atoms with Crippen LogP contribution in [0.3, 0.4) is 0 Å². The van der Waals surface area contributed by atoms with Gasteiger partial charge in [-0.1, -0.05) is 22.5 Å².